The third kappa shape index (κ3) is 5.06. The molecule has 0 spiro atoms. The van der Waals surface area contributed by atoms with Crippen molar-refractivity contribution in [1.82, 2.24) is 14.8 Å². The number of Topliss-reactive ketones (excluding diaryl/α,β-unsaturated/α-hetero) is 1. The van der Waals surface area contributed by atoms with Gasteiger partial charge < -0.3 is 10.1 Å². The summed E-state index contributed by atoms with van der Waals surface area (Å²) in [6, 6.07) is 21.6. The molecule has 1 atom stereocenters. The summed E-state index contributed by atoms with van der Waals surface area (Å²) in [5.41, 5.74) is 4.17. The van der Waals surface area contributed by atoms with E-state index in [1.165, 1.54) is 17.8 Å². The second kappa shape index (κ2) is 10.6. The third-order valence-electron chi connectivity index (χ3n) is 6.68. The molecule has 1 aliphatic carbocycles. The lowest BCUT2D eigenvalue weighted by molar-refractivity contribution is -0.116. The van der Waals surface area contributed by atoms with Crippen molar-refractivity contribution in [3.8, 4) is 5.75 Å². The van der Waals surface area contributed by atoms with Gasteiger partial charge in [0.05, 0.1) is 0 Å². The van der Waals surface area contributed by atoms with Crippen LogP contribution >= 0.6 is 23.4 Å². The standard InChI is InChI=1S/C29H24ClFN4O2S/c30-21-12-8-18(9-13-21)16-37-22-14-10-19(11-15-22)27-26-24(6-3-7-25(26)36)32-28-33-29(34-35(27)28)38-17-20-4-1-2-5-23(20)31/h1-2,4-5,8-15,27H,3,6-7,16-17H2,(H,32,33,34). The zero-order chi connectivity index (χ0) is 26.1. The molecule has 0 saturated heterocycles. The molecule has 0 radical (unpaired) electrons. The highest BCUT2D eigenvalue weighted by atomic mass is 35.5. The summed E-state index contributed by atoms with van der Waals surface area (Å²) >= 11 is 7.33. The number of halogens is 2. The minimum absolute atomic E-state index is 0.119. The van der Waals surface area contributed by atoms with E-state index in [0.717, 1.165) is 41.0 Å². The highest BCUT2D eigenvalue weighted by Crippen LogP contribution is 2.41. The van der Waals surface area contributed by atoms with Crippen molar-refractivity contribution < 1.29 is 13.9 Å². The van der Waals surface area contributed by atoms with Crippen molar-refractivity contribution in [1.29, 1.82) is 0 Å². The number of thioether (sulfide) groups is 1. The number of nitrogens with one attached hydrogen (secondary N) is 1. The number of fused-ring (bicyclic) bond motifs is 1. The molecule has 1 aliphatic heterocycles. The van der Waals surface area contributed by atoms with Crippen molar-refractivity contribution in [2.45, 2.75) is 42.8 Å². The summed E-state index contributed by atoms with van der Waals surface area (Å²) in [6.07, 6.45) is 2.10. The van der Waals surface area contributed by atoms with Gasteiger partial charge in [-0.1, -0.05) is 65.8 Å². The van der Waals surface area contributed by atoms with Crippen LogP contribution in [0, 0.1) is 5.82 Å². The number of hydrogen-bond donors (Lipinski definition) is 1. The van der Waals surface area contributed by atoms with Crippen LogP contribution in [-0.2, 0) is 17.2 Å². The second-order valence-electron chi connectivity index (χ2n) is 9.22. The molecule has 1 N–H and O–H groups in total. The van der Waals surface area contributed by atoms with Crippen LogP contribution in [0.25, 0.3) is 0 Å². The van der Waals surface area contributed by atoms with E-state index in [2.05, 4.69) is 10.3 Å². The maximum atomic E-state index is 14.1. The van der Waals surface area contributed by atoms with Crippen molar-refractivity contribution >= 4 is 35.1 Å². The van der Waals surface area contributed by atoms with Gasteiger partial charge in [-0.3, -0.25) is 4.79 Å². The number of benzene rings is 3. The Kier molecular flexibility index (Phi) is 6.91. The first-order valence-corrected chi connectivity index (χ1v) is 13.7. The molecule has 6 rings (SSSR count). The topological polar surface area (TPSA) is 69.0 Å². The summed E-state index contributed by atoms with van der Waals surface area (Å²) in [6.45, 7) is 0.424. The molecule has 6 nitrogen and oxygen atoms in total. The molecule has 1 unspecified atom stereocenters. The summed E-state index contributed by atoms with van der Waals surface area (Å²) < 4.78 is 21.8. The molecule has 2 heterocycles. The lowest BCUT2D eigenvalue weighted by atomic mass is 9.85. The predicted molar refractivity (Wildman–Crippen MR) is 146 cm³/mol. The van der Waals surface area contributed by atoms with Crippen LogP contribution in [0.15, 0.2) is 89.2 Å². The minimum Gasteiger partial charge on any atom is -0.489 e. The molecule has 2 aliphatic rings. The Balaban J connectivity index is 1.26. The average Bonchev–Trinajstić information content (AvgIpc) is 3.34. The molecule has 0 bridgehead atoms. The van der Waals surface area contributed by atoms with Gasteiger partial charge in [0.1, 0.15) is 24.2 Å². The van der Waals surface area contributed by atoms with Crippen molar-refractivity contribution in [3.63, 3.8) is 0 Å². The Labute approximate surface area is 228 Å². The summed E-state index contributed by atoms with van der Waals surface area (Å²) in [5.74, 6) is 1.59. The van der Waals surface area contributed by atoms with E-state index in [1.54, 1.807) is 16.8 Å². The van der Waals surface area contributed by atoms with Crippen LogP contribution in [0.3, 0.4) is 0 Å². The molecule has 4 aromatic rings. The zero-order valence-electron chi connectivity index (χ0n) is 20.4. The molecule has 9 heteroatoms. The van der Waals surface area contributed by atoms with Gasteiger partial charge in [0.15, 0.2) is 5.78 Å². The molecule has 1 aromatic heterocycles. The first-order chi connectivity index (χ1) is 18.5. The molecule has 0 amide bonds. The molecule has 38 heavy (non-hydrogen) atoms. The van der Waals surface area contributed by atoms with Crippen LogP contribution < -0.4 is 10.1 Å². The second-order valence-corrected chi connectivity index (χ2v) is 10.6. The van der Waals surface area contributed by atoms with E-state index in [9.17, 15) is 9.18 Å². The fourth-order valence-electron chi connectivity index (χ4n) is 4.76. The lowest BCUT2D eigenvalue weighted by Crippen LogP contribution is -2.31. The van der Waals surface area contributed by atoms with Crippen molar-refractivity contribution in [2.24, 2.45) is 0 Å². The Morgan fingerprint density at radius 2 is 1.84 bits per heavy atom. The van der Waals surface area contributed by atoms with Gasteiger partial charge in [-0.2, -0.15) is 4.98 Å². The number of hydrogen-bond acceptors (Lipinski definition) is 6. The number of aromatic nitrogens is 3. The summed E-state index contributed by atoms with van der Waals surface area (Å²) in [4.78, 5) is 17.8. The molecule has 0 saturated carbocycles. The largest absolute Gasteiger partial charge is 0.489 e. The van der Waals surface area contributed by atoms with E-state index in [4.69, 9.17) is 21.4 Å². The van der Waals surface area contributed by atoms with Crippen LogP contribution in [0.5, 0.6) is 5.75 Å². The minimum atomic E-state index is -0.394. The molecular weight excluding hydrogens is 523 g/mol. The fraction of sp³-hybridized carbons (Fsp3) is 0.207. The number of ether oxygens (including phenoxy) is 1. The van der Waals surface area contributed by atoms with Gasteiger partial charge in [-0.05, 0) is 59.9 Å². The predicted octanol–water partition coefficient (Wildman–Crippen LogP) is 6.96. The van der Waals surface area contributed by atoms with E-state index in [-0.39, 0.29) is 11.6 Å². The van der Waals surface area contributed by atoms with Gasteiger partial charge in [0.25, 0.3) is 0 Å². The van der Waals surface area contributed by atoms with Crippen LogP contribution in [0.2, 0.25) is 5.02 Å². The first kappa shape index (κ1) is 24.7. The number of allylic oxidation sites excluding steroid dienone is 2. The van der Waals surface area contributed by atoms with Gasteiger partial charge in [0, 0.05) is 28.5 Å². The van der Waals surface area contributed by atoms with E-state index in [0.29, 0.717) is 40.5 Å². The fourth-order valence-corrected chi connectivity index (χ4v) is 5.70. The monoisotopic (exact) mass is 546 g/mol. The quantitative estimate of drug-likeness (QED) is 0.253. The molecule has 3 aromatic carbocycles. The zero-order valence-corrected chi connectivity index (χ0v) is 21.9. The van der Waals surface area contributed by atoms with Gasteiger partial charge in [-0.25, -0.2) is 9.07 Å². The molecule has 0 fully saturated rings. The molecular formula is C29H24ClFN4O2S. The number of carbonyl (C=O) groups is 1. The normalized spacial score (nSPS) is 16.6. The highest BCUT2D eigenvalue weighted by Gasteiger charge is 2.36. The maximum absolute atomic E-state index is 14.1. The number of ketones is 1. The summed E-state index contributed by atoms with van der Waals surface area (Å²) in [5, 5.41) is 9.29. The van der Waals surface area contributed by atoms with E-state index < -0.39 is 6.04 Å². The van der Waals surface area contributed by atoms with Crippen molar-refractivity contribution in [2.75, 3.05) is 5.32 Å². The van der Waals surface area contributed by atoms with Crippen LogP contribution in [0.4, 0.5) is 10.3 Å². The van der Waals surface area contributed by atoms with Gasteiger partial charge in [-0.15, -0.1) is 5.10 Å². The summed E-state index contributed by atoms with van der Waals surface area (Å²) in [7, 11) is 0. The number of carbonyl (C=O) groups excluding carboxylic acids is 1. The van der Waals surface area contributed by atoms with E-state index in [1.807, 2.05) is 54.6 Å². The average molecular weight is 547 g/mol. The van der Waals surface area contributed by atoms with Crippen molar-refractivity contribution in [3.05, 3.63) is 112 Å². The molecule has 192 valence electrons. The number of rotatable bonds is 7. The van der Waals surface area contributed by atoms with E-state index >= 15 is 0 Å². The van der Waals surface area contributed by atoms with Gasteiger partial charge >= 0.3 is 0 Å². The lowest BCUT2D eigenvalue weighted by Gasteiger charge is -2.32. The van der Waals surface area contributed by atoms with Crippen LogP contribution in [0.1, 0.15) is 42.0 Å². The smallest absolute Gasteiger partial charge is 0.227 e. The Morgan fingerprint density at radius 3 is 2.63 bits per heavy atom. The third-order valence-corrected chi connectivity index (χ3v) is 7.82. The van der Waals surface area contributed by atoms with Crippen LogP contribution in [-0.4, -0.2) is 20.5 Å². The number of nitrogens with zero attached hydrogens (tertiary/aromatic N) is 3. The van der Waals surface area contributed by atoms with Gasteiger partial charge in [0.2, 0.25) is 11.1 Å². The first-order valence-electron chi connectivity index (χ1n) is 12.4. The highest BCUT2D eigenvalue weighted by molar-refractivity contribution is 7.98. The Morgan fingerprint density at radius 1 is 1.05 bits per heavy atom. The SMILES string of the molecule is O=C1CCCC2=C1C(c1ccc(OCc3ccc(Cl)cc3)cc1)n1nc(SCc3ccccc3F)nc1N2. The number of anilines is 1. The maximum Gasteiger partial charge on any atom is 0.227 e. The Hall–Kier alpha value is -3.62. The Bertz CT molecular complexity index is 1520.